The second kappa shape index (κ2) is 11.4. The maximum absolute atomic E-state index is 11.0. The molecule has 0 aliphatic carbocycles. The van der Waals surface area contributed by atoms with Crippen molar-refractivity contribution in [1.29, 1.82) is 0 Å². The number of aromatic hydroxyl groups is 2. The molecule has 6 aromatic rings. The highest BCUT2D eigenvalue weighted by Gasteiger charge is 2.17. The van der Waals surface area contributed by atoms with Gasteiger partial charge in [0.05, 0.1) is 8.42 Å². The van der Waals surface area contributed by atoms with E-state index in [2.05, 4.69) is 47.2 Å². The number of benzene rings is 4. The van der Waals surface area contributed by atoms with Gasteiger partial charge in [0.15, 0.2) is 0 Å². The van der Waals surface area contributed by atoms with Crippen LogP contribution >= 0.6 is 93.3 Å². The van der Waals surface area contributed by atoms with Gasteiger partial charge in [-0.15, -0.1) is 68.9 Å². The Morgan fingerprint density at radius 3 is 1.45 bits per heavy atom. The summed E-state index contributed by atoms with van der Waals surface area (Å²) in [5.74, 6) is 1.99. The Labute approximate surface area is 254 Å². The standard InChI is InChI=1S/C28H18O2S8/c29-21-7-3-17-9-15(11-33-23-13-35-27(31)37-23)1-5-19(17)25(21)26-20-6-2-16(10-18(20)4-8-22(26)30)12-34-24-14-36-28(32)38-24/h1-10,13-14,29-30H,11-12H2. The van der Waals surface area contributed by atoms with Crippen molar-refractivity contribution in [2.75, 3.05) is 0 Å². The number of phenolic OH excluding ortho intramolecular Hbond substituents is 2. The Kier molecular flexibility index (Phi) is 7.93. The predicted molar refractivity (Wildman–Crippen MR) is 175 cm³/mol. The lowest BCUT2D eigenvalue weighted by molar-refractivity contribution is 0.470. The van der Waals surface area contributed by atoms with E-state index in [0.717, 1.165) is 39.3 Å². The number of hydrogen-bond donors (Lipinski definition) is 2. The van der Waals surface area contributed by atoms with Crippen molar-refractivity contribution < 1.29 is 10.2 Å². The molecule has 2 aromatic heterocycles. The second-order valence-electron chi connectivity index (χ2n) is 8.42. The number of rotatable bonds is 7. The second-order valence-corrected chi connectivity index (χ2v) is 17.2. The first-order chi connectivity index (χ1) is 18.4. The fourth-order valence-electron chi connectivity index (χ4n) is 4.33. The molecule has 2 N–H and O–H groups in total. The highest BCUT2D eigenvalue weighted by atomic mass is 32.2. The third-order valence-corrected chi connectivity index (χ3v) is 13.8. The van der Waals surface area contributed by atoms with Gasteiger partial charge in [-0.3, -0.25) is 0 Å². The summed E-state index contributed by atoms with van der Waals surface area (Å²) < 4.78 is 4.35. The van der Waals surface area contributed by atoms with Crippen molar-refractivity contribution in [3.05, 3.63) is 88.8 Å². The zero-order valence-electron chi connectivity index (χ0n) is 19.5. The van der Waals surface area contributed by atoms with E-state index >= 15 is 0 Å². The van der Waals surface area contributed by atoms with Gasteiger partial charge in [-0.2, -0.15) is 0 Å². The molecular formula is C28H18O2S8. The van der Waals surface area contributed by atoms with E-state index in [4.69, 9.17) is 24.4 Å². The first-order valence-electron chi connectivity index (χ1n) is 11.4. The van der Waals surface area contributed by atoms with E-state index < -0.39 is 0 Å². The summed E-state index contributed by atoms with van der Waals surface area (Å²) in [7, 11) is 0. The van der Waals surface area contributed by atoms with Crippen molar-refractivity contribution in [3.63, 3.8) is 0 Å². The van der Waals surface area contributed by atoms with Crippen LogP contribution in [0.1, 0.15) is 11.1 Å². The van der Waals surface area contributed by atoms with E-state index in [9.17, 15) is 10.2 Å². The summed E-state index contributed by atoms with van der Waals surface area (Å²) in [6.07, 6.45) is 0. The number of phenols is 2. The minimum absolute atomic E-state index is 0.152. The summed E-state index contributed by atoms with van der Waals surface area (Å²) >= 11 is 20.6. The van der Waals surface area contributed by atoms with Gasteiger partial charge in [0.25, 0.3) is 0 Å². The van der Waals surface area contributed by atoms with Crippen molar-refractivity contribution >= 4 is 115 Å². The van der Waals surface area contributed by atoms with Gasteiger partial charge in [-0.1, -0.05) is 73.0 Å². The molecule has 2 heterocycles. The van der Waals surface area contributed by atoms with Crippen molar-refractivity contribution in [1.82, 2.24) is 0 Å². The predicted octanol–water partition coefficient (Wildman–Crippen LogP) is 11.4. The minimum Gasteiger partial charge on any atom is -0.507 e. The van der Waals surface area contributed by atoms with Crippen LogP contribution < -0.4 is 0 Å². The smallest absolute Gasteiger partial charge is 0.144 e. The lowest BCUT2D eigenvalue weighted by atomic mass is 9.91. The Hall–Kier alpha value is -1.76. The molecule has 0 saturated heterocycles. The molecule has 0 unspecified atom stereocenters. The van der Waals surface area contributed by atoms with Gasteiger partial charge in [-0.25, -0.2) is 0 Å². The van der Waals surface area contributed by atoms with Crippen molar-refractivity contribution in [3.8, 4) is 22.6 Å². The first kappa shape index (κ1) is 26.5. The number of thioether (sulfide) groups is 2. The van der Waals surface area contributed by atoms with Crippen LogP contribution in [0.4, 0.5) is 0 Å². The summed E-state index contributed by atoms with van der Waals surface area (Å²) in [4.78, 5) is 0. The third-order valence-electron chi connectivity index (χ3n) is 6.01. The maximum atomic E-state index is 11.0. The molecule has 0 radical (unpaired) electrons. The van der Waals surface area contributed by atoms with Gasteiger partial charge >= 0.3 is 0 Å². The van der Waals surface area contributed by atoms with E-state index in [0.29, 0.717) is 11.1 Å². The molecule has 0 amide bonds. The van der Waals surface area contributed by atoms with Crippen molar-refractivity contribution in [2.45, 2.75) is 19.9 Å². The normalized spacial score (nSPS) is 11.5. The molecule has 0 aliphatic heterocycles. The van der Waals surface area contributed by atoms with Crippen LogP contribution in [-0.4, -0.2) is 10.2 Å². The number of fused-ring (bicyclic) bond motifs is 2. The Bertz CT molecular complexity index is 1770. The minimum atomic E-state index is 0.152. The molecule has 0 bridgehead atoms. The molecule has 6 rings (SSSR count). The van der Waals surface area contributed by atoms with E-state index in [1.807, 2.05) is 12.1 Å². The topological polar surface area (TPSA) is 40.5 Å². The van der Waals surface area contributed by atoms with E-state index in [1.165, 1.54) is 19.5 Å². The van der Waals surface area contributed by atoms with Gasteiger partial charge in [-0.05, 0) is 44.8 Å². The largest absolute Gasteiger partial charge is 0.507 e. The summed E-state index contributed by atoms with van der Waals surface area (Å²) in [6, 6.07) is 19.9. The highest BCUT2D eigenvalue weighted by molar-refractivity contribution is 8.01. The molecule has 190 valence electrons. The molecule has 0 fully saturated rings. The number of hydrogen-bond acceptors (Lipinski definition) is 10. The van der Waals surface area contributed by atoms with Crippen LogP contribution in [0.2, 0.25) is 0 Å². The van der Waals surface area contributed by atoms with Gasteiger partial charge in [0, 0.05) is 33.4 Å². The SMILES string of the molecule is Oc1ccc2cc(CSc3csc(=S)s3)ccc2c1-c1c(O)ccc2cc(CSc3csc(=S)s3)ccc12. The van der Waals surface area contributed by atoms with Crippen LogP contribution in [0.15, 0.2) is 79.8 Å². The van der Waals surface area contributed by atoms with Gasteiger partial charge < -0.3 is 10.2 Å². The maximum Gasteiger partial charge on any atom is 0.144 e. The van der Waals surface area contributed by atoms with Crippen LogP contribution in [0.5, 0.6) is 11.5 Å². The van der Waals surface area contributed by atoms with Gasteiger partial charge in [0.2, 0.25) is 0 Å². The van der Waals surface area contributed by atoms with E-state index in [-0.39, 0.29) is 11.5 Å². The fourth-order valence-corrected chi connectivity index (χ4v) is 11.5. The molecule has 0 saturated carbocycles. The fraction of sp³-hybridized carbons (Fsp3) is 0.0714. The molecule has 4 aromatic carbocycles. The van der Waals surface area contributed by atoms with E-state index in [1.54, 1.807) is 81.0 Å². The monoisotopic (exact) mass is 642 g/mol. The third kappa shape index (κ3) is 5.59. The molecule has 0 spiro atoms. The summed E-state index contributed by atoms with van der Waals surface area (Å²) in [6.45, 7) is 0. The van der Waals surface area contributed by atoms with Crippen LogP contribution in [0, 0.1) is 6.28 Å². The lowest BCUT2D eigenvalue weighted by Crippen LogP contribution is -1.89. The Morgan fingerprint density at radius 2 is 1.05 bits per heavy atom. The zero-order chi connectivity index (χ0) is 26.2. The Balaban J connectivity index is 1.36. The molecular weight excluding hydrogens is 625 g/mol. The molecule has 38 heavy (non-hydrogen) atoms. The van der Waals surface area contributed by atoms with Gasteiger partial charge in [0.1, 0.15) is 17.8 Å². The average molecular weight is 643 g/mol. The average Bonchev–Trinajstić information content (AvgIpc) is 3.54. The molecule has 2 nitrogen and oxygen atoms in total. The molecule has 0 atom stereocenters. The lowest BCUT2D eigenvalue weighted by Gasteiger charge is -2.15. The molecule has 10 heteroatoms. The van der Waals surface area contributed by atoms with Crippen molar-refractivity contribution in [2.24, 2.45) is 0 Å². The van der Waals surface area contributed by atoms with Crippen LogP contribution in [0.25, 0.3) is 32.7 Å². The Morgan fingerprint density at radius 1 is 0.605 bits per heavy atom. The summed E-state index contributed by atoms with van der Waals surface area (Å²) in [5.41, 5.74) is 3.70. The van der Waals surface area contributed by atoms with Crippen LogP contribution in [-0.2, 0) is 11.5 Å². The molecule has 0 aliphatic rings. The summed E-state index contributed by atoms with van der Waals surface area (Å²) in [5, 5.41) is 30.1. The van der Waals surface area contributed by atoms with Crippen LogP contribution in [0.3, 0.4) is 0 Å². The highest BCUT2D eigenvalue weighted by Crippen LogP contribution is 2.45. The first-order valence-corrected chi connectivity index (χ1v) is 17.5. The quantitative estimate of drug-likeness (QED) is 0.133. The zero-order valence-corrected chi connectivity index (χ0v) is 26.0.